The molecule has 2 saturated heterocycles. The first-order valence-electron chi connectivity index (χ1n) is 7.88. The van der Waals surface area contributed by atoms with Crippen LogP contribution < -0.4 is 10.6 Å². The molecule has 6 heteroatoms. The number of piperidine rings is 1. The molecule has 4 nitrogen and oxygen atoms in total. The summed E-state index contributed by atoms with van der Waals surface area (Å²) in [6, 6.07) is 0.818. The van der Waals surface area contributed by atoms with Crippen LogP contribution in [-0.4, -0.2) is 49.1 Å². The van der Waals surface area contributed by atoms with Gasteiger partial charge in [-0.15, -0.1) is 24.8 Å². The van der Waals surface area contributed by atoms with Gasteiger partial charge in [-0.1, -0.05) is 13.8 Å². The Morgan fingerprint density at radius 2 is 1.90 bits per heavy atom. The van der Waals surface area contributed by atoms with Crippen LogP contribution in [0.15, 0.2) is 0 Å². The van der Waals surface area contributed by atoms with Gasteiger partial charge in [-0.25, -0.2) is 0 Å². The van der Waals surface area contributed by atoms with Crippen molar-refractivity contribution in [2.45, 2.75) is 58.0 Å². The number of amides is 1. The minimum absolute atomic E-state index is 0. The number of carbonyl (C=O) groups excluding carboxylic acids is 1. The maximum atomic E-state index is 12.0. The number of hydrogen-bond donors (Lipinski definition) is 2. The molecule has 21 heavy (non-hydrogen) atoms. The van der Waals surface area contributed by atoms with E-state index in [1.54, 1.807) is 0 Å². The predicted octanol–water partition coefficient (Wildman–Crippen LogP) is 2.21. The Kier molecular flexibility index (Phi) is 10.6. The summed E-state index contributed by atoms with van der Waals surface area (Å²) in [6.07, 6.45) is 5.24. The Hall–Kier alpha value is -0.0300. The van der Waals surface area contributed by atoms with Crippen molar-refractivity contribution in [3.63, 3.8) is 0 Å². The molecule has 1 unspecified atom stereocenters. The van der Waals surface area contributed by atoms with E-state index in [1.807, 2.05) is 0 Å². The molecule has 126 valence electrons. The summed E-state index contributed by atoms with van der Waals surface area (Å²) in [5, 5.41) is 6.60. The van der Waals surface area contributed by atoms with Gasteiger partial charge in [0.05, 0.1) is 0 Å². The van der Waals surface area contributed by atoms with E-state index in [1.165, 1.54) is 13.0 Å². The number of halogens is 2. The number of rotatable bonds is 5. The largest absolute Gasteiger partial charge is 0.353 e. The first kappa shape index (κ1) is 21.0. The van der Waals surface area contributed by atoms with E-state index in [-0.39, 0.29) is 30.7 Å². The van der Waals surface area contributed by atoms with Crippen LogP contribution in [0.3, 0.4) is 0 Å². The molecular weight excluding hydrogens is 309 g/mol. The van der Waals surface area contributed by atoms with Crippen LogP contribution in [0.2, 0.25) is 0 Å². The molecule has 0 aromatic carbocycles. The number of likely N-dealkylation sites (tertiary alicyclic amines) is 1. The average Bonchev–Trinajstić information content (AvgIpc) is 2.83. The molecule has 2 fully saturated rings. The van der Waals surface area contributed by atoms with E-state index in [9.17, 15) is 4.79 Å². The molecule has 0 saturated carbocycles. The molecule has 0 aromatic rings. The van der Waals surface area contributed by atoms with E-state index in [0.29, 0.717) is 18.5 Å². The van der Waals surface area contributed by atoms with E-state index < -0.39 is 0 Å². The first-order chi connectivity index (χ1) is 9.13. The molecule has 2 aliphatic heterocycles. The molecular formula is C15H31Cl2N3O. The van der Waals surface area contributed by atoms with Gasteiger partial charge in [-0.05, 0) is 38.1 Å². The highest BCUT2D eigenvalue weighted by Gasteiger charge is 2.23. The lowest BCUT2D eigenvalue weighted by molar-refractivity contribution is -0.122. The maximum absolute atomic E-state index is 12.0. The molecule has 0 radical (unpaired) electrons. The van der Waals surface area contributed by atoms with Crippen molar-refractivity contribution < 1.29 is 4.79 Å². The second kappa shape index (κ2) is 10.7. The van der Waals surface area contributed by atoms with Gasteiger partial charge in [-0.3, -0.25) is 4.79 Å². The minimum atomic E-state index is 0. The van der Waals surface area contributed by atoms with Gasteiger partial charge in [0.2, 0.25) is 5.91 Å². The number of carbonyl (C=O) groups is 1. The molecule has 2 aliphatic rings. The summed E-state index contributed by atoms with van der Waals surface area (Å²) in [5.41, 5.74) is 0. The fourth-order valence-corrected chi connectivity index (χ4v) is 3.22. The van der Waals surface area contributed by atoms with Crippen LogP contribution in [0, 0.1) is 5.92 Å². The van der Waals surface area contributed by atoms with E-state index in [4.69, 9.17) is 0 Å². The van der Waals surface area contributed by atoms with Crippen molar-refractivity contribution >= 4 is 30.7 Å². The highest BCUT2D eigenvalue weighted by atomic mass is 35.5. The zero-order chi connectivity index (χ0) is 13.7. The Morgan fingerprint density at radius 1 is 1.24 bits per heavy atom. The zero-order valence-electron chi connectivity index (χ0n) is 13.3. The maximum Gasteiger partial charge on any atom is 0.221 e. The number of nitrogens with zero attached hydrogens (tertiary/aromatic N) is 1. The first-order valence-corrected chi connectivity index (χ1v) is 7.88. The SMILES string of the molecule is CC(C)CN1CCC(NC(=O)CC2CCCN2)CC1.Cl.Cl. The van der Waals surface area contributed by atoms with Gasteiger partial charge >= 0.3 is 0 Å². The molecule has 2 N–H and O–H groups in total. The van der Waals surface area contributed by atoms with Gasteiger partial charge in [0.25, 0.3) is 0 Å². The van der Waals surface area contributed by atoms with Gasteiger partial charge in [-0.2, -0.15) is 0 Å². The van der Waals surface area contributed by atoms with E-state index >= 15 is 0 Å². The Labute approximate surface area is 141 Å². The van der Waals surface area contributed by atoms with E-state index in [0.717, 1.165) is 44.8 Å². The normalized spacial score (nSPS) is 23.5. The smallest absolute Gasteiger partial charge is 0.221 e. The predicted molar refractivity (Wildman–Crippen MR) is 92.6 cm³/mol. The minimum Gasteiger partial charge on any atom is -0.353 e. The summed E-state index contributed by atoms with van der Waals surface area (Å²) in [4.78, 5) is 14.5. The quantitative estimate of drug-likeness (QED) is 0.807. The number of nitrogens with one attached hydrogen (secondary N) is 2. The monoisotopic (exact) mass is 339 g/mol. The van der Waals surface area contributed by atoms with Gasteiger partial charge in [0, 0.05) is 38.1 Å². The third-order valence-corrected chi connectivity index (χ3v) is 4.17. The summed E-state index contributed by atoms with van der Waals surface area (Å²) in [5.74, 6) is 0.973. The van der Waals surface area contributed by atoms with Crippen LogP contribution >= 0.6 is 24.8 Å². The van der Waals surface area contributed by atoms with Crippen LogP contribution in [-0.2, 0) is 4.79 Å². The lowest BCUT2D eigenvalue weighted by Crippen LogP contribution is -2.46. The fourth-order valence-electron chi connectivity index (χ4n) is 3.22. The topological polar surface area (TPSA) is 44.4 Å². The molecule has 2 rings (SSSR count). The average molecular weight is 340 g/mol. The molecule has 0 aliphatic carbocycles. The lowest BCUT2D eigenvalue weighted by atomic mass is 10.0. The highest BCUT2D eigenvalue weighted by Crippen LogP contribution is 2.13. The molecule has 1 atom stereocenters. The molecule has 0 aromatic heterocycles. The molecule has 1 amide bonds. The van der Waals surface area contributed by atoms with Crippen molar-refractivity contribution in [2.75, 3.05) is 26.2 Å². The third kappa shape index (κ3) is 7.68. The summed E-state index contributed by atoms with van der Waals surface area (Å²) >= 11 is 0. The second-order valence-corrected chi connectivity index (χ2v) is 6.53. The van der Waals surface area contributed by atoms with Crippen molar-refractivity contribution in [1.82, 2.24) is 15.5 Å². The van der Waals surface area contributed by atoms with Crippen LogP contribution in [0.4, 0.5) is 0 Å². The van der Waals surface area contributed by atoms with Crippen LogP contribution in [0.25, 0.3) is 0 Å². The Bertz CT molecular complexity index is 289. The summed E-state index contributed by atoms with van der Waals surface area (Å²) in [6.45, 7) is 9.05. The number of hydrogen-bond acceptors (Lipinski definition) is 3. The molecule has 0 bridgehead atoms. The van der Waals surface area contributed by atoms with Crippen LogP contribution in [0.1, 0.15) is 46.0 Å². The Morgan fingerprint density at radius 3 is 2.43 bits per heavy atom. The van der Waals surface area contributed by atoms with Crippen molar-refractivity contribution in [3.05, 3.63) is 0 Å². The summed E-state index contributed by atoms with van der Waals surface area (Å²) < 4.78 is 0. The Balaban J connectivity index is 0.00000200. The summed E-state index contributed by atoms with van der Waals surface area (Å²) in [7, 11) is 0. The zero-order valence-corrected chi connectivity index (χ0v) is 14.9. The van der Waals surface area contributed by atoms with Crippen molar-refractivity contribution in [3.8, 4) is 0 Å². The fraction of sp³-hybridized carbons (Fsp3) is 0.933. The molecule has 2 heterocycles. The third-order valence-electron chi connectivity index (χ3n) is 4.17. The van der Waals surface area contributed by atoms with Gasteiger partial charge in [0.1, 0.15) is 0 Å². The standard InChI is InChI=1S/C15H29N3O.2ClH/c1-12(2)11-18-8-5-13(6-9-18)17-15(19)10-14-4-3-7-16-14;;/h12-14,16H,3-11H2,1-2H3,(H,17,19);2*1H. The molecule has 0 spiro atoms. The second-order valence-electron chi connectivity index (χ2n) is 6.53. The van der Waals surface area contributed by atoms with Gasteiger partial charge < -0.3 is 15.5 Å². The van der Waals surface area contributed by atoms with Gasteiger partial charge in [0.15, 0.2) is 0 Å². The lowest BCUT2D eigenvalue weighted by Gasteiger charge is -2.33. The van der Waals surface area contributed by atoms with Crippen molar-refractivity contribution in [2.24, 2.45) is 5.92 Å². The highest BCUT2D eigenvalue weighted by molar-refractivity contribution is 5.85. The van der Waals surface area contributed by atoms with Crippen LogP contribution in [0.5, 0.6) is 0 Å². The van der Waals surface area contributed by atoms with Crippen molar-refractivity contribution in [1.29, 1.82) is 0 Å². The van der Waals surface area contributed by atoms with E-state index in [2.05, 4.69) is 29.4 Å².